The van der Waals surface area contributed by atoms with Crippen LogP contribution in [0.15, 0.2) is 54.6 Å². The van der Waals surface area contributed by atoms with Crippen molar-refractivity contribution < 1.29 is 32.7 Å². The molecule has 2 aromatic carbocycles. The molecule has 0 atom stereocenters. The molecule has 3 aromatic heterocycles. The number of aromatic nitrogens is 4. The Morgan fingerprint density at radius 3 is 2.36 bits per heavy atom. The number of halogens is 4. The number of thiophene rings is 1. The highest BCUT2D eigenvalue weighted by atomic mass is 35.5. The first-order valence-electron chi connectivity index (χ1n) is 13.5. The van der Waals surface area contributed by atoms with Gasteiger partial charge in [0.05, 0.1) is 17.1 Å². The number of fused-ring (bicyclic) bond motifs is 1. The summed E-state index contributed by atoms with van der Waals surface area (Å²) in [6.07, 6.45) is -4.11. The van der Waals surface area contributed by atoms with Gasteiger partial charge in [-0.25, -0.2) is 0 Å². The molecule has 44 heavy (non-hydrogen) atoms. The van der Waals surface area contributed by atoms with Crippen LogP contribution in [0.25, 0.3) is 15.9 Å². The highest BCUT2D eigenvalue weighted by Crippen LogP contribution is 2.37. The molecule has 0 spiro atoms. The summed E-state index contributed by atoms with van der Waals surface area (Å²) in [5, 5.41) is 20.1. The van der Waals surface area contributed by atoms with Crippen molar-refractivity contribution in [2.75, 3.05) is 0 Å². The smallest absolute Gasteiger partial charge is 0.452 e. The van der Waals surface area contributed by atoms with Gasteiger partial charge in [-0.05, 0) is 42.7 Å². The molecule has 9 nitrogen and oxygen atoms in total. The number of carbonyl (C=O) groups excluding carboxylic acids is 2. The van der Waals surface area contributed by atoms with Crippen molar-refractivity contribution in [2.45, 2.75) is 46.0 Å². The van der Waals surface area contributed by atoms with E-state index in [-0.39, 0.29) is 32.7 Å². The Bertz CT molecular complexity index is 1910. The van der Waals surface area contributed by atoms with E-state index in [2.05, 4.69) is 15.5 Å². The van der Waals surface area contributed by atoms with Crippen molar-refractivity contribution in [3.8, 4) is 5.00 Å². The molecule has 14 heteroatoms. The van der Waals surface area contributed by atoms with Gasteiger partial charge >= 0.3 is 12.1 Å². The molecule has 0 aliphatic rings. The fourth-order valence-corrected chi connectivity index (χ4v) is 6.42. The lowest BCUT2D eigenvalue weighted by molar-refractivity contribution is -0.146. The van der Waals surface area contributed by atoms with Gasteiger partial charge in [0, 0.05) is 21.3 Å². The van der Waals surface area contributed by atoms with Crippen LogP contribution in [0.2, 0.25) is 5.02 Å². The third kappa shape index (κ3) is 5.72. The predicted octanol–water partition coefficient (Wildman–Crippen LogP) is 6.33. The molecule has 0 unspecified atom stereocenters. The Balaban J connectivity index is 1.59. The average Bonchev–Trinajstić information content (AvgIpc) is 3.69. The van der Waals surface area contributed by atoms with Crippen molar-refractivity contribution >= 4 is 51.5 Å². The Labute approximate surface area is 257 Å². The van der Waals surface area contributed by atoms with Crippen LogP contribution in [-0.4, -0.2) is 42.1 Å². The van der Waals surface area contributed by atoms with E-state index in [0.717, 1.165) is 15.9 Å². The number of nitrogens with one attached hydrogen (secondary N) is 1. The minimum absolute atomic E-state index is 0.0207. The Kier molecular flexibility index (Phi) is 8.62. The molecule has 228 valence electrons. The van der Waals surface area contributed by atoms with Gasteiger partial charge in [-0.1, -0.05) is 55.8 Å². The van der Waals surface area contributed by atoms with Crippen molar-refractivity contribution in [3.05, 3.63) is 98.5 Å². The number of hydrogen-bond donors (Lipinski definition) is 2. The molecule has 0 fully saturated rings. The standard InChI is InChI=1S/C30H25ClF3N5O4S/c1-3-16-13-20(26(42)19-10-5-7-11-21(19)31)28(44-16)39-23(36-37-29(39)30(32,33)34)14-35-27(43)25-17(4-2)18-9-6-8-12-22(18)38(25)15-24(40)41/h5-13H,3-4,14-15H2,1-2H3,(H,35,43)(H,40,41). The number of rotatable bonds is 10. The van der Waals surface area contributed by atoms with E-state index in [1.807, 2.05) is 6.92 Å². The third-order valence-electron chi connectivity index (χ3n) is 7.01. The normalized spacial score (nSPS) is 11.7. The molecule has 0 radical (unpaired) electrons. The van der Waals surface area contributed by atoms with E-state index in [0.29, 0.717) is 34.2 Å². The molecule has 1 amide bonds. The number of carboxylic acid groups (broad SMARTS) is 1. The minimum Gasteiger partial charge on any atom is -0.480 e. The lowest BCUT2D eigenvalue weighted by atomic mass is 10.0. The number of aliphatic carboxylic acids is 1. The molecule has 0 saturated carbocycles. The number of amides is 1. The van der Waals surface area contributed by atoms with Crippen molar-refractivity contribution in [1.29, 1.82) is 0 Å². The van der Waals surface area contributed by atoms with Crippen LogP contribution < -0.4 is 5.32 Å². The maximum absolute atomic E-state index is 14.2. The molecule has 0 aliphatic carbocycles. The fourth-order valence-electron chi connectivity index (χ4n) is 5.09. The zero-order chi connectivity index (χ0) is 31.8. The molecular formula is C30H25ClF3N5O4S. The fraction of sp³-hybridized carbons (Fsp3) is 0.233. The van der Waals surface area contributed by atoms with Crippen LogP contribution in [0.5, 0.6) is 0 Å². The van der Waals surface area contributed by atoms with E-state index in [4.69, 9.17) is 11.6 Å². The summed E-state index contributed by atoms with van der Waals surface area (Å²) < 4.78 is 44.8. The molecule has 5 aromatic rings. The summed E-state index contributed by atoms with van der Waals surface area (Å²) in [6.45, 7) is 2.62. The van der Waals surface area contributed by atoms with Gasteiger partial charge in [-0.15, -0.1) is 21.5 Å². The number of benzene rings is 2. The third-order valence-corrected chi connectivity index (χ3v) is 8.60. The summed E-state index contributed by atoms with van der Waals surface area (Å²) in [7, 11) is 0. The number of carboxylic acids is 1. The second kappa shape index (κ2) is 12.2. The highest BCUT2D eigenvalue weighted by molar-refractivity contribution is 7.15. The SMILES string of the molecule is CCc1cc(C(=O)c2ccccc2Cl)c(-n2c(CNC(=O)c3c(CC)c4ccccc4n3CC(=O)O)nnc2C(F)(F)F)s1. The second-order valence-corrected chi connectivity index (χ2v) is 11.2. The summed E-state index contributed by atoms with van der Waals surface area (Å²) in [6, 6.07) is 14.7. The largest absolute Gasteiger partial charge is 0.480 e. The number of alkyl halides is 3. The topological polar surface area (TPSA) is 119 Å². The van der Waals surface area contributed by atoms with Crippen LogP contribution >= 0.6 is 22.9 Å². The molecule has 2 N–H and O–H groups in total. The molecule has 3 heterocycles. The van der Waals surface area contributed by atoms with Crippen LogP contribution in [0.3, 0.4) is 0 Å². The second-order valence-electron chi connectivity index (χ2n) is 9.73. The van der Waals surface area contributed by atoms with Gasteiger partial charge < -0.3 is 15.0 Å². The van der Waals surface area contributed by atoms with Gasteiger partial charge in [-0.2, -0.15) is 13.2 Å². The summed E-state index contributed by atoms with van der Waals surface area (Å²) in [5.41, 5.74) is 1.30. The first kappa shape index (κ1) is 31.0. The number of para-hydroxylation sites is 1. The maximum Gasteiger partial charge on any atom is 0.452 e. The van der Waals surface area contributed by atoms with Gasteiger partial charge in [-0.3, -0.25) is 19.0 Å². The number of aryl methyl sites for hydroxylation is 2. The summed E-state index contributed by atoms with van der Waals surface area (Å²) in [4.78, 5) is 39.5. The van der Waals surface area contributed by atoms with Crippen molar-refractivity contribution in [1.82, 2.24) is 24.6 Å². The zero-order valence-corrected chi connectivity index (χ0v) is 25.0. The summed E-state index contributed by atoms with van der Waals surface area (Å²) in [5.74, 6) is -4.09. The number of nitrogens with zero attached hydrogens (tertiary/aromatic N) is 4. The first-order valence-corrected chi connectivity index (χ1v) is 14.7. The van der Waals surface area contributed by atoms with Gasteiger partial charge in [0.25, 0.3) is 5.91 Å². The quantitative estimate of drug-likeness (QED) is 0.172. The van der Waals surface area contributed by atoms with Crippen LogP contribution in [0.1, 0.15) is 62.3 Å². The maximum atomic E-state index is 14.2. The number of ketones is 1. The molecule has 0 bridgehead atoms. The van der Waals surface area contributed by atoms with Crippen LogP contribution in [0.4, 0.5) is 13.2 Å². The lowest BCUT2D eigenvalue weighted by Crippen LogP contribution is -2.29. The number of carbonyl (C=O) groups is 3. The van der Waals surface area contributed by atoms with Crippen molar-refractivity contribution in [2.24, 2.45) is 0 Å². The predicted molar refractivity (Wildman–Crippen MR) is 159 cm³/mol. The van der Waals surface area contributed by atoms with E-state index < -0.39 is 42.7 Å². The first-order chi connectivity index (χ1) is 21.0. The minimum atomic E-state index is -4.94. The molecular weight excluding hydrogens is 619 g/mol. The summed E-state index contributed by atoms with van der Waals surface area (Å²) >= 11 is 7.22. The van der Waals surface area contributed by atoms with E-state index in [1.54, 1.807) is 43.3 Å². The zero-order valence-electron chi connectivity index (χ0n) is 23.4. The molecule has 0 aliphatic heterocycles. The van der Waals surface area contributed by atoms with Crippen molar-refractivity contribution in [3.63, 3.8) is 0 Å². The highest BCUT2D eigenvalue weighted by Gasteiger charge is 2.40. The average molecular weight is 644 g/mol. The van der Waals surface area contributed by atoms with Crippen LogP contribution in [0, 0.1) is 0 Å². The van der Waals surface area contributed by atoms with E-state index in [9.17, 15) is 32.7 Å². The van der Waals surface area contributed by atoms with E-state index in [1.165, 1.54) is 22.8 Å². The lowest BCUT2D eigenvalue weighted by Gasteiger charge is -2.14. The molecule has 0 saturated heterocycles. The van der Waals surface area contributed by atoms with Crippen LogP contribution in [-0.2, 0) is 36.9 Å². The van der Waals surface area contributed by atoms with Gasteiger partial charge in [0.15, 0.2) is 11.6 Å². The monoisotopic (exact) mass is 643 g/mol. The Hall–Kier alpha value is -4.49. The number of hydrogen-bond acceptors (Lipinski definition) is 6. The molecule has 5 rings (SSSR count). The van der Waals surface area contributed by atoms with E-state index >= 15 is 0 Å². The Morgan fingerprint density at radius 1 is 1.00 bits per heavy atom. The Morgan fingerprint density at radius 2 is 1.70 bits per heavy atom. The van der Waals surface area contributed by atoms with Gasteiger partial charge in [0.1, 0.15) is 17.2 Å². The van der Waals surface area contributed by atoms with Gasteiger partial charge in [0.2, 0.25) is 5.82 Å².